The lowest BCUT2D eigenvalue weighted by atomic mass is 10.1. The van der Waals surface area contributed by atoms with Gasteiger partial charge in [-0.3, -0.25) is 0 Å². The molecule has 1 aromatic heterocycles. The Balaban J connectivity index is 1.83. The number of hydrogen-bond acceptors (Lipinski definition) is 5. The van der Waals surface area contributed by atoms with Gasteiger partial charge in [-0.1, -0.05) is 29.8 Å². The van der Waals surface area contributed by atoms with E-state index >= 15 is 0 Å². The molecule has 1 saturated carbocycles. The highest BCUT2D eigenvalue weighted by Gasteiger charge is 2.41. The fourth-order valence-electron chi connectivity index (χ4n) is 2.30. The largest absolute Gasteiger partial charge is 0.503 e. The normalized spacial score (nSPS) is 20.3. The lowest BCUT2D eigenvalue weighted by molar-refractivity contribution is 0.128. The molecule has 1 N–H and O–H groups in total. The second-order valence-electron chi connectivity index (χ2n) is 4.83. The Labute approximate surface area is 127 Å². The average Bonchev–Trinajstić information content (AvgIpc) is 3.22. The van der Waals surface area contributed by atoms with Crippen molar-refractivity contribution in [3.05, 3.63) is 41.0 Å². The van der Waals surface area contributed by atoms with E-state index in [-0.39, 0.29) is 22.9 Å². The van der Waals surface area contributed by atoms with Crippen molar-refractivity contribution >= 4 is 11.6 Å². The molecule has 0 saturated heterocycles. The van der Waals surface area contributed by atoms with Gasteiger partial charge in [0.1, 0.15) is 5.75 Å². The van der Waals surface area contributed by atoms with Crippen LogP contribution in [-0.4, -0.2) is 28.0 Å². The van der Waals surface area contributed by atoms with Crippen molar-refractivity contribution in [3.8, 4) is 17.4 Å². The third-order valence-electron chi connectivity index (χ3n) is 3.35. The van der Waals surface area contributed by atoms with Crippen molar-refractivity contribution in [3.63, 3.8) is 0 Å². The Hall–Kier alpha value is -1.85. The molecule has 2 atom stereocenters. The van der Waals surface area contributed by atoms with E-state index in [1.54, 1.807) is 0 Å². The molecule has 0 aliphatic heterocycles. The zero-order chi connectivity index (χ0) is 14.8. The number of aromatic nitrogens is 2. The number of halogens is 1. The minimum Gasteiger partial charge on any atom is -0.503 e. The summed E-state index contributed by atoms with van der Waals surface area (Å²) in [7, 11) is 0. The van der Waals surface area contributed by atoms with E-state index in [1.165, 1.54) is 6.07 Å². The van der Waals surface area contributed by atoms with Crippen LogP contribution >= 0.6 is 11.6 Å². The average molecular weight is 307 g/mol. The van der Waals surface area contributed by atoms with Gasteiger partial charge in [0.15, 0.2) is 10.9 Å². The second-order valence-corrected chi connectivity index (χ2v) is 5.22. The van der Waals surface area contributed by atoms with Crippen LogP contribution in [0.2, 0.25) is 5.15 Å². The fraction of sp³-hybridized carbons (Fsp3) is 0.333. The molecule has 1 heterocycles. The summed E-state index contributed by atoms with van der Waals surface area (Å²) < 4.78 is 11.3. The first-order valence-electron chi connectivity index (χ1n) is 6.79. The first-order chi connectivity index (χ1) is 10.2. The molecule has 2 aromatic rings. The predicted molar refractivity (Wildman–Crippen MR) is 78.0 cm³/mol. The van der Waals surface area contributed by atoms with Crippen LogP contribution in [-0.2, 0) is 4.74 Å². The highest BCUT2D eigenvalue weighted by molar-refractivity contribution is 6.29. The maximum Gasteiger partial charge on any atom is 0.281 e. The Bertz CT molecular complexity index is 651. The minimum absolute atomic E-state index is 0.0421. The number of nitrogens with zero attached hydrogens (tertiary/aromatic N) is 2. The zero-order valence-corrected chi connectivity index (χ0v) is 12.2. The van der Waals surface area contributed by atoms with E-state index in [4.69, 9.17) is 21.1 Å². The molecule has 6 heteroatoms. The number of rotatable bonds is 5. The van der Waals surface area contributed by atoms with Gasteiger partial charge in [0, 0.05) is 24.2 Å². The lowest BCUT2D eigenvalue weighted by Crippen LogP contribution is -1.98. The van der Waals surface area contributed by atoms with Gasteiger partial charge in [-0.05, 0) is 19.4 Å². The van der Waals surface area contributed by atoms with Gasteiger partial charge in [0.25, 0.3) is 5.88 Å². The molecule has 3 rings (SSSR count). The summed E-state index contributed by atoms with van der Waals surface area (Å²) in [5.41, 5.74) is 1.05. The zero-order valence-electron chi connectivity index (χ0n) is 11.5. The summed E-state index contributed by atoms with van der Waals surface area (Å²) in [6.07, 6.45) is 1.22. The van der Waals surface area contributed by atoms with Crippen LogP contribution in [0.25, 0.3) is 0 Å². The van der Waals surface area contributed by atoms with Gasteiger partial charge < -0.3 is 14.6 Å². The number of ether oxygens (including phenoxy) is 2. The highest BCUT2D eigenvalue weighted by atomic mass is 35.5. The van der Waals surface area contributed by atoms with E-state index in [0.29, 0.717) is 18.3 Å². The topological polar surface area (TPSA) is 64.5 Å². The van der Waals surface area contributed by atoms with Crippen molar-refractivity contribution < 1.29 is 14.6 Å². The molecule has 110 valence electrons. The minimum atomic E-state index is -0.137. The van der Waals surface area contributed by atoms with Crippen LogP contribution in [0.4, 0.5) is 0 Å². The first kappa shape index (κ1) is 14.1. The maximum atomic E-state index is 9.80. The summed E-state index contributed by atoms with van der Waals surface area (Å²) in [4.78, 5) is 0. The van der Waals surface area contributed by atoms with E-state index < -0.39 is 0 Å². The lowest BCUT2D eigenvalue weighted by Gasteiger charge is -2.10. The van der Waals surface area contributed by atoms with Gasteiger partial charge in [0.2, 0.25) is 0 Å². The van der Waals surface area contributed by atoms with Crippen molar-refractivity contribution in [2.45, 2.75) is 25.4 Å². The molecule has 1 aliphatic carbocycles. The van der Waals surface area contributed by atoms with Crippen LogP contribution < -0.4 is 4.74 Å². The molecule has 0 radical (unpaired) electrons. The smallest absolute Gasteiger partial charge is 0.281 e. The molecular formula is C15H15ClN2O3. The molecule has 2 unspecified atom stereocenters. The van der Waals surface area contributed by atoms with Crippen molar-refractivity contribution in [1.82, 2.24) is 10.2 Å². The van der Waals surface area contributed by atoms with Crippen LogP contribution in [0, 0.1) is 0 Å². The molecule has 21 heavy (non-hydrogen) atoms. The van der Waals surface area contributed by atoms with Crippen LogP contribution in [0.3, 0.4) is 0 Å². The third kappa shape index (κ3) is 3.09. The van der Waals surface area contributed by atoms with Gasteiger partial charge >= 0.3 is 0 Å². The SMILES string of the molecule is CCOC1CC1c1ccccc1Oc1nnc(Cl)cc1O. The van der Waals surface area contributed by atoms with Gasteiger partial charge in [-0.2, -0.15) is 0 Å². The summed E-state index contributed by atoms with van der Waals surface area (Å²) >= 11 is 5.66. The fourth-order valence-corrected chi connectivity index (χ4v) is 2.44. The molecule has 0 bridgehead atoms. The summed E-state index contributed by atoms with van der Waals surface area (Å²) in [5, 5.41) is 17.4. The highest BCUT2D eigenvalue weighted by Crippen LogP contribution is 2.47. The van der Waals surface area contributed by atoms with Crippen LogP contribution in [0.1, 0.15) is 24.8 Å². The molecule has 1 fully saturated rings. The van der Waals surface area contributed by atoms with Gasteiger partial charge in [-0.25, -0.2) is 0 Å². The standard InChI is InChI=1S/C15H15ClN2O3/c1-2-20-13-7-10(13)9-5-3-4-6-12(9)21-15-11(19)8-14(16)17-18-15/h3-6,8,10,13H,2,7H2,1H3,(H,17,19). The van der Waals surface area contributed by atoms with Crippen molar-refractivity contribution in [1.29, 1.82) is 0 Å². The second kappa shape index (κ2) is 5.87. The van der Waals surface area contributed by atoms with Crippen LogP contribution in [0.5, 0.6) is 17.4 Å². The Kier molecular flexibility index (Phi) is 3.94. The molecule has 0 spiro atoms. The van der Waals surface area contributed by atoms with E-state index in [0.717, 1.165) is 12.0 Å². The van der Waals surface area contributed by atoms with Crippen molar-refractivity contribution in [2.24, 2.45) is 0 Å². The van der Waals surface area contributed by atoms with Crippen LogP contribution in [0.15, 0.2) is 30.3 Å². The first-order valence-corrected chi connectivity index (χ1v) is 7.17. The van der Waals surface area contributed by atoms with Crippen molar-refractivity contribution in [2.75, 3.05) is 6.61 Å². The van der Waals surface area contributed by atoms with Gasteiger partial charge in [0.05, 0.1) is 6.10 Å². The summed E-state index contributed by atoms with van der Waals surface area (Å²) in [6, 6.07) is 8.96. The van der Waals surface area contributed by atoms with Gasteiger partial charge in [-0.15, -0.1) is 10.2 Å². The molecule has 1 aliphatic rings. The summed E-state index contributed by atoms with van der Waals surface area (Å²) in [6.45, 7) is 2.69. The Morgan fingerprint density at radius 1 is 1.33 bits per heavy atom. The monoisotopic (exact) mass is 306 g/mol. The number of aromatic hydroxyl groups is 1. The summed E-state index contributed by atoms with van der Waals surface area (Å²) in [5.74, 6) is 0.877. The Morgan fingerprint density at radius 2 is 2.14 bits per heavy atom. The molecular weight excluding hydrogens is 292 g/mol. The van der Waals surface area contributed by atoms with E-state index in [1.807, 2.05) is 31.2 Å². The third-order valence-corrected chi connectivity index (χ3v) is 3.53. The number of hydrogen-bond donors (Lipinski definition) is 1. The quantitative estimate of drug-likeness (QED) is 0.915. The number of benzene rings is 1. The molecule has 0 amide bonds. The van der Waals surface area contributed by atoms with E-state index in [2.05, 4.69) is 10.2 Å². The predicted octanol–water partition coefficient (Wildman–Crippen LogP) is 3.52. The number of para-hydroxylation sites is 1. The molecule has 1 aromatic carbocycles. The van der Waals surface area contributed by atoms with E-state index in [9.17, 15) is 5.11 Å². The molecule has 5 nitrogen and oxygen atoms in total. The maximum absolute atomic E-state index is 9.80. The Morgan fingerprint density at radius 3 is 2.90 bits per heavy atom.